The van der Waals surface area contributed by atoms with Crippen molar-refractivity contribution in [3.8, 4) is 11.5 Å². The minimum atomic E-state index is -0.0564. The van der Waals surface area contributed by atoms with Crippen LogP contribution in [0.2, 0.25) is 0 Å². The summed E-state index contributed by atoms with van der Waals surface area (Å²) in [5, 5.41) is 9.50. The number of rotatable bonds is 8. The Balaban J connectivity index is 1.53. The molecule has 1 atom stereocenters. The summed E-state index contributed by atoms with van der Waals surface area (Å²) >= 11 is 0. The van der Waals surface area contributed by atoms with Gasteiger partial charge < -0.3 is 20.4 Å². The van der Waals surface area contributed by atoms with Gasteiger partial charge >= 0.3 is 0 Å². The van der Waals surface area contributed by atoms with E-state index in [9.17, 15) is 4.79 Å². The van der Waals surface area contributed by atoms with Crippen molar-refractivity contribution < 1.29 is 9.21 Å². The van der Waals surface area contributed by atoms with Crippen LogP contribution in [-0.2, 0) is 13.1 Å². The van der Waals surface area contributed by atoms with Gasteiger partial charge in [0.25, 0.3) is 5.91 Å². The van der Waals surface area contributed by atoms with Crippen LogP contribution in [0.15, 0.2) is 64.2 Å². The molecule has 0 radical (unpaired) electrons. The Morgan fingerprint density at radius 3 is 2.59 bits per heavy atom. The molecule has 1 aromatic heterocycles. The number of amides is 1. The Hall–Kier alpha value is -3.61. The predicted molar refractivity (Wildman–Crippen MR) is 127 cm³/mol. The molecule has 3 aromatic rings. The van der Waals surface area contributed by atoms with Gasteiger partial charge in [-0.1, -0.05) is 36.8 Å². The molecule has 0 bridgehead atoms. The van der Waals surface area contributed by atoms with Gasteiger partial charge in [0.1, 0.15) is 6.26 Å². The molecule has 3 N–H and O–H groups in total. The number of hydrogen-bond acceptors (Lipinski definition) is 4. The largest absolute Gasteiger partial charge is 0.444 e. The molecule has 7 heteroatoms. The van der Waals surface area contributed by atoms with Crippen molar-refractivity contribution in [3.05, 3.63) is 77.2 Å². The molecule has 1 amide bonds. The molecule has 0 aliphatic heterocycles. The minimum absolute atomic E-state index is 0.0564. The number of aliphatic imine (C=N–C) groups is 1. The van der Waals surface area contributed by atoms with Crippen molar-refractivity contribution in [2.45, 2.75) is 46.3 Å². The third-order valence-corrected chi connectivity index (χ3v) is 5.15. The molecule has 32 heavy (non-hydrogen) atoms. The molecule has 0 saturated heterocycles. The predicted octanol–water partition coefficient (Wildman–Crippen LogP) is 4.04. The Labute approximate surface area is 189 Å². The first-order valence-electron chi connectivity index (χ1n) is 10.8. The van der Waals surface area contributed by atoms with Crippen LogP contribution >= 0.6 is 0 Å². The maximum Gasteiger partial charge on any atom is 0.251 e. The quantitative estimate of drug-likeness (QED) is 0.368. The zero-order valence-corrected chi connectivity index (χ0v) is 19.1. The number of nitrogens with one attached hydrogen (secondary N) is 3. The number of nitrogens with zero attached hydrogens (tertiary/aromatic N) is 2. The van der Waals surface area contributed by atoms with E-state index in [4.69, 9.17) is 4.42 Å². The minimum Gasteiger partial charge on any atom is -0.444 e. The van der Waals surface area contributed by atoms with Crippen molar-refractivity contribution in [1.82, 2.24) is 20.9 Å². The molecular formula is C25H31N5O2. The zero-order valence-electron chi connectivity index (χ0n) is 19.1. The number of aromatic nitrogens is 1. The fourth-order valence-corrected chi connectivity index (χ4v) is 3.03. The Kier molecular flexibility index (Phi) is 8.02. The number of aryl methyl sites for hydroxylation is 1. The highest BCUT2D eigenvalue weighted by Crippen LogP contribution is 2.19. The number of carbonyl (C=O) groups is 1. The van der Waals surface area contributed by atoms with Crippen molar-refractivity contribution in [1.29, 1.82) is 0 Å². The van der Waals surface area contributed by atoms with Gasteiger partial charge in [0.15, 0.2) is 5.96 Å². The van der Waals surface area contributed by atoms with E-state index in [0.29, 0.717) is 30.5 Å². The summed E-state index contributed by atoms with van der Waals surface area (Å²) in [5.41, 5.74) is 4.57. The highest BCUT2D eigenvalue weighted by molar-refractivity contribution is 5.94. The van der Waals surface area contributed by atoms with E-state index in [-0.39, 0.29) is 11.9 Å². The van der Waals surface area contributed by atoms with Crippen LogP contribution in [0.5, 0.6) is 0 Å². The normalized spacial score (nSPS) is 12.3. The fraction of sp³-hybridized carbons (Fsp3) is 0.320. The Bertz CT molecular complexity index is 1060. The van der Waals surface area contributed by atoms with Gasteiger partial charge in [0, 0.05) is 30.8 Å². The molecule has 0 spiro atoms. The van der Waals surface area contributed by atoms with Gasteiger partial charge in [-0.2, -0.15) is 0 Å². The summed E-state index contributed by atoms with van der Waals surface area (Å²) in [6.07, 6.45) is 2.54. The molecule has 2 aromatic carbocycles. The van der Waals surface area contributed by atoms with E-state index < -0.39 is 0 Å². The van der Waals surface area contributed by atoms with Crippen LogP contribution in [0.4, 0.5) is 0 Å². The van der Waals surface area contributed by atoms with E-state index in [0.717, 1.165) is 23.2 Å². The second kappa shape index (κ2) is 11.1. The van der Waals surface area contributed by atoms with Gasteiger partial charge in [-0.25, -0.2) is 4.98 Å². The average molecular weight is 434 g/mol. The summed E-state index contributed by atoms with van der Waals surface area (Å²) in [5.74, 6) is 1.18. The van der Waals surface area contributed by atoms with Crippen LogP contribution in [0.25, 0.3) is 11.5 Å². The van der Waals surface area contributed by atoms with E-state index in [1.54, 1.807) is 13.3 Å². The van der Waals surface area contributed by atoms with Crippen LogP contribution in [-0.4, -0.2) is 29.9 Å². The number of carbonyl (C=O) groups excluding carboxylic acids is 1. The lowest BCUT2D eigenvalue weighted by molar-refractivity contribution is 0.0939. The maximum absolute atomic E-state index is 12.4. The summed E-state index contributed by atoms with van der Waals surface area (Å²) in [7, 11) is 1.71. The first kappa shape index (κ1) is 23.1. The van der Waals surface area contributed by atoms with Crippen LogP contribution < -0.4 is 16.0 Å². The van der Waals surface area contributed by atoms with Crippen molar-refractivity contribution in [3.63, 3.8) is 0 Å². The molecule has 0 fully saturated rings. The second-order valence-electron chi connectivity index (χ2n) is 7.77. The van der Waals surface area contributed by atoms with Crippen molar-refractivity contribution >= 4 is 11.9 Å². The number of hydrogen-bond donors (Lipinski definition) is 3. The molecule has 1 unspecified atom stereocenters. The van der Waals surface area contributed by atoms with E-state index in [1.807, 2.05) is 69.3 Å². The Morgan fingerprint density at radius 1 is 1.12 bits per heavy atom. The van der Waals surface area contributed by atoms with E-state index in [2.05, 4.69) is 25.9 Å². The standard InChI is InChI=1S/C25H31N5O2/c1-5-18(3)29-23(31)21-8-6-7-19(13-21)14-27-25(26-4)28-15-22-16-32-24(30-22)20-11-9-17(2)10-12-20/h6-13,16,18H,5,14-15H2,1-4H3,(H,29,31)(H2,26,27,28). The second-order valence-corrected chi connectivity index (χ2v) is 7.77. The SMILES string of the molecule is CCC(C)NC(=O)c1cccc(CNC(=NC)NCc2coc(-c3ccc(C)cc3)n2)c1. The topological polar surface area (TPSA) is 91.5 Å². The molecule has 0 aliphatic rings. The highest BCUT2D eigenvalue weighted by Gasteiger charge is 2.10. The van der Waals surface area contributed by atoms with Crippen LogP contribution in [0.1, 0.15) is 47.4 Å². The third kappa shape index (κ3) is 6.44. The van der Waals surface area contributed by atoms with Gasteiger partial charge in [-0.15, -0.1) is 0 Å². The summed E-state index contributed by atoms with van der Waals surface area (Å²) in [6.45, 7) is 7.11. The first-order chi connectivity index (χ1) is 15.5. The Morgan fingerprint density at radius 2 is 1.88 bits per heavy atom. The molecule has 168 valence electrons. The van der Waals surface area contributed by atoms with Crippen LogP contribution in [0.3, 0.4) is 0 Å². The maximum atomic E-state index is 12.4. The summed E-state index contributed by atoms with van der Waals surface area (Å²) in [4.78, 5) is 21.2. The molecule has 0 saturated carbocycles. The first-order valence-corrected chi connectivity index (χ1v) is 10.8. The zero-order chi connectivity index (χ0) is 22.9. The third-order valence-electron chi connectivity index (χ3n) is 5.15. The lowest BCUT2D eigenvalue weighted by Crippen LogP contribution is -2.36. The average Bonchev–Trinajstić information content (AvgIpc) is 3.28. The number of oxazole rings is 1. The lowest BCUT2D eigenvalue weighted by atomic mass is 10.1. The molecule has 3 rings (SSSR count). The highest BCUT2D eigenvalue weighted by atomic mass is 16.3. The molecule has 1 heterocycles. The van der Waals surface area contributed by atoms with E-state index in [1.165, 1.54) is 5.56 Å². The number of benzene rings is 2. The summed E-state index contributed by atoms with van der Waals surface area (Å²) < 4.78 is 5.61. The van der Waals surface area contributed by atoms with Crippen LogP contribution in [0, 0.1) is 6.92 Å². The monoisotopic (exact) mass is 433 g/mol. The van der Waals surface area contributed by atoms with Gasteiger partial charge in [-0.3, -0.25) is 9.79 Å². The van der Waals surface area contributed by atoms with Gasteiger partial charge in [0.2, 0.25) is 5.89 Å². The lowest BCUT2D eigenvalue weighted by Gasteiger charge is -2.13. The van der Waals surface area contributed by atoms with Crippen molar-refractivity contribution in [2.24, 2.45) is 4.99 Å². The van der Waals surface area contributed by atoms with Gasteiger partial charge in [-0.05, 0) is 50.1 Å². The smallest absolute Gasteiger partial charge is 0.251 e. The molecule has 0 aliphatic carbocycles. The van der Waals surface area contributed by atoms with E-state index >= 15 is 0 Å². The van der Waals surface area contributed by atoms with Crippen molar-refractivity contribution in [2.75, 3.05) is 7.05 Å². The molecule has 7 nitrogen and oxygen atoms in total. The molecular weight excluding hydrogens is 402 g/mol. The summed E-state index contributed by atoms with van der Waals surface area (Å²) in [6, 6.07) is 15.8. The fourth-order valence-electron chi connectivity index (χ4n) is 3.03. The number of guanidine groups is 1. The van der Waals surface area contributed by atoms with Gasteiger partial charge in [0.05, 0.1) is 12.2 Å².